The van der Waals surface area contributed by atoms with Gasteiger partial charge in [-0.1, -0.05) is 13.0 Å². The number of nitriles is 1. The summed E-state index contributed by atoms with van der Waals surface area (Å²) in [6, 6.07) is 11.0. The molecule has 0 unspecified atom stereocenters. The van der Waals surface area contributed by atoms with Gasteiger partial charge in [-0.05, 0) is 47.9 Å². The van der Waals surface area contributed by atoms with E-state index in [4.69, 9.17) is 10.00 Å². The number of allylic oxidation sites excluding steroid dienone is 2. The molecule has 4 nitrogen and oxygen atoms in total. The van der Waals surface area contributed by atoms with Crippen molar-refractivity contribution in [2.24, 2.45) is 0 Å². The zero-order valence-electron chi connectivity index (χ0n) is 13.7. The molecule has 0 spiro atoms. The number of carbonyl (C=O) groups is 1. The Morgan fingerprint density at radius 3 is 2.64 bits per heavy atom. The number of ether oxygens (including phenoxy) is 1. The molecule has 2 aromatic carbocycles. The molecule has 0 bridgehead atoms. The van der Waals surface area contributed by atoms with Crippen LogP contribution in [0.1, 0.15) is 36.5 Å². The van der Waals surface area contributed by atoms with Gasteiger partial charge >= 0.3 is 0 Å². The highest BCUT2D eigenvalue weighted by Gasteiger charge is 2.26. The number of hydrogen-bond donors (Lipinski definition) is 1. The molecule has 1 N–H and O–H groups in total. The van der Waals surface area contributed by atoms with E-state index in [9.17, 15) is 14.3 Å². The van der Waals surface area contributed by atoms with Crippen molar-refractivity contribution in [2.45, 2.75) is 26.2 Å². The van der Waals surface area contributed by atoms with E-state index in [-0.39, 0.29) is 22.9 Å². The zero-order valence-corrected chi connectivity index (χ0v) is 13.7. The van der Waals surface area contributed by atoms with Crippen molar-refractivity contribution in [3.05, 3.63) is 64.7 Å². The van der Waals surface area contributed by atoms with Gasteiger partial charge < -0.3 is 9.84 Å². The van der Waals surface area contributed by atoms with Crippen molar-refractivity contribution in [1.29, 1.82) is 5.26 Å². The highest BCUT2D eigenvalue weighted by molar-refractivity contribution is 6.23. The predicted molar refractivity (Wildman–Crippen MR) is 90.8 cm³/mol. The molecule has 0 fully saturated rings. The largest absolute Gasteiger partial charge is 0.512 e. The first-order valence-electron chi connectivity index (χ1n) is 7.99. The van der Waals surface area contributed by atoms with E-state index in [2.05, 4.69) is 0 Å². The lowest BCUT2D eigenvalue weighted by Gasteiger charge is -2.13. The van der Waals surface area contributed by atoms with Crippen molar-refractivity contribution in [3.63, 3.8) is 0 Å². The molecule has 0 aliphatic heterocycles. The van der Waals surface area contributed by atoms with Crippen LogP contribution < -0.4 is 4.74 Å². The van der Waals surface area contributed by atoms with Crippen LogP contribution in [0.15, 0.2) is 42.2 Å². The van der Waals surface area contributed by atoms with E-state index in [1.165, 1.54) is 12.1 Å². The summed E-state index contributed by atoms with van der Waals surface area (Å²) < 4.78 is 19.6. The molecule has 0 aromatic heterocycles. The number of rotatable bonds is 4. The molecule has 3 rings (SSSR count). The van der Waals surface area contributed by atoms with Crippen molar-refractivity contribution in [1.82, 2.24) is 0 Å². The predicted octanol–water partition coefficient (Wildman–Crippen LogP) is 4.68. The molecule has 0 radical (unpaired) electrons. The first-order valence-corrected chi connectivity index (χ1v) is 7.99. The normalized spacial score (nSPS) is 13.9. The fourth-order valence-corrected chi connectivity index (χ4v) is 2.89. The zero-order chi connectivity index (χ0) is 18.0. The second-order valence-corrected chi connectivity index (χ2v) is 5.78. The molecule has 126 valence electrons. The van der Waals surface area contributed by atoms with Crippen molar-refractivity contribution < 1.29 is 19.0 Å². The van der Waals surface area contributed by atoms with Gasteiger partial charge in [-0.3, -0.25) is 4.79 Å². The van der Waals surface area contributed by atoms with E-state index in [0.29, 0.717) is 36.1 Å². The van der Waals surface area contributed by atoms with E-state index in [1.807, 2.05) is 13.0 Å². The van der Waals surface area contributed by atoms with Crippen LogP contribution in [0, 0.1) is 17.1 Å². The Kier molecular flexibility index (Phi) is 4.53. The fourth-order valence-electron chi connectivity index (χ4n) is 2.89. The molecule has 0 saturated heterocycles. The molecule has 1 aliphatic carbocycles. The van der Waals surface area contributed by atoms with Gasteiger partial charge in [0.25, 0.3) is 0 Å². The SMILES string of the molecule is CCc1ccc(Oc2ccc(C#N)cc2F)cc1C1=C(O)CCC1=O. The molecule has 0 saturated carbocycles. The summed E-state index contributed by atoms with van der Waals surface area (Å²) in [4.78, 5) is 12.1. The number of carbonyl (C=O) groups excluding carboxylic acids is 1. The van der Waals surface area contributed by atoms with Crippen LogP contribution in [0.4, 0.5) is 4.39 Å². The highest BCUT2D eigenvalue weighted by atomic mass is 19.1. The quantitative estimate of drug-likeness (QED) is 0.879. The van der Waals surface area contributed by atoms with Gasteiger partial charge in [-0.25, -0.2) is 4.39 Å². The van der Waals surface area contributed by atoms with Crippen LogP contribution in [-0.2, 0) is 11.2 Å². The van der Waals surface area contributed by atoms with Gasteiger partial charge in [-0.15, -0.1) is 0 Å². The Morgan fingerprint density at radius 2 is 2.04 bits per heavy atom. The average molecular weight is 337 g/mol. The van der Waals surface area contributed by atoms with Crippen LogP contribution in [0.3, 0.4) is 0 Å². The van der Waals surface area contributed by atoms with E-state index >= 15 is 0 Å². The monoisotopic (exact) mass is 337 g/mol. The highest BCUT2D eigenvalue weighted by Crippen LogP contribution is 2.35. The number of hydrogen-bond acceptors (Lipinski definition) is 4. The summed E-state index contributed by atoms with van der Waals surface area (Å²) in [6.07, 6.45) is 1.32. The minimum absolute atomic E-state index is 0.00912. The van der Waals surface area contributed by atoms with Crippen LogP contribution in [-0.4, -0.2) is 10.9 Å². The smallest absolute Gasteiger partial charge is 0.167 e. The number of nitrogens with zero attached hydrogens (tertiary/aromatic N) is 1. The molecule has 2 aromatic rings. The molecule has 5 heteroatoms. The van der Waals surface area contributed by atoms with Gasteiger partial charge in [0.1, 0.15) is 11.5 Å². The number of aryl methyl sites for hydroxylation is 1. The summed E-state index contributed by atoms with van der Waals surface area (Å²) in [5.74, 6) is -0.310. The van der Waals surface area contributed by atoms with Gasteiger partial charge in [-0.2, -0.15) is 5.26 Å². The fraction of sp³-hybridized carbons (Fsp3) is 0.200. The third kappa shape index (κ3) is 3.24. The summed E-state index contributed by atoms with van der Waals surface area (Å²) in [6.45, 7) is 1.96. The average Bonchev–Trinajstić information content (AvgIpc) is 2.95. The lowest BCUT2D eigenvalue weighted by Crippen LogP contribution is -2.01. The van der Waals surface area contributed by atoms with E-state index in [1.54, 1.807) is 18.2 Å². The summed E-state index contributed by atoms with van der Waals surface area (Å²) in [5, 5.41) is 18.8. The number of ketones is 1. The van der Waals surface area contributed by atoms with E-state index in [0.717, 1.165) is 11.6 Å². The van der Waals surface area contributed by atoms with Gasteiger partial charge in [0.15, 0.2) is 17.3 Å². The minimum Gasteiger partial charge on any atom is -0.512 e. The second kappa shape index (κ2) is 6.78. The number of benzene rings is 2. The number of Topliss-reactive ketones (excluding diaryl/α,β-unsaturated/α-hetero) is 1. The number of aliphatic hydroxyl groups excluding tert-OH is 1. The van der Waals surface area contributed by atoms with Crippen LogP contribution >= 0.6 is 0 Å². The van der Waals surface area contributed by atoms with Crippen LogP contribution in [0.25, 0.3) is 5.57 Å². The van der Waals surface area contributed by atoms with Crippen molar-refractivity contribution in [3.8, 4) is 17.6 Å². The van der Waals surface area contributed by atoms with Crippen LogP contribution in [0.5, 0.6) is 11.5 Å². The Morgan fingerprint density at radius 1 is 1.24 bits per heavy atom. The van der Waals surface area contributed by atoms with Crippen molar-refractivity contribution in [2.75, 3.05) is 0 Å². The molecule has 1 aliphatic rings. The standard InChI is InChI=1S/C20H16FNO3/c1-2-13-4-5-14(10-15(13)20-17(23)6-7-18(20)24)25-19-8-3-12(11-22)9-16(19)21/h3-5,8-10,23H,2,6-7H2,1H3. The van der Waals surface area contributed by atoms with Gasteiger partial charge in [0.2, 0.25) is 0 Å². The first kappa shape index (κ1) is 16.7. The van der Waals surface area contributed by atoms with Gasteiger partial charge in [0, 0.05) is 12.8 Å². The minimum atomic E-state index is -0.640. The van der Waals surface area contributed by atoms with Gasteiger partial charge in [0.05, 0.1) is 17.2 Å². The first-order chi connectivity index (χ1) is 12.0. The Labute approximate surface area is 144 Å². The lowest BCUT2D eigenvalue weighted by molar-refractivity contribution is -0.113. The second-order valence-electron chi connectivity index (χ2n) is 5.78. The van der Waals surface area contributed by atoms with Crippen molar-refractivity contribution >= 4 is 11.4 Å². The number of halogens is 1. The lowest BCUT2D eigenvalue weighted by atomic mass is 9.96. The summed E-state index contributed by atoms with van der Waals surface area (Å²) in [7, 11) is 0. The molecule has 0 atom stereocenters. The molecular formula is C20H16FNO3. The summed E-state index contributed by atoms with van der Waals surface area (Å²) >= 11 is 0. The van der Waals surface area contributed by atoms with Crippen LogP contribution in [0.2, 0.25) is 0 Å². The number of aliphatic hydroxyl groups is 1. The summed E-state index contributed by atoms with van der Waals surface area (Å²) in [5.41, 5.74) is 2.06. The Hall–Kier alpha value is -3.13. The maximum atomic E-state index is 14.0. The van der Waals surface area contributed by atoms with E-state index < -0.39 is 5.82 Å². The topological polar surface area (TPSA) is 70.3 Å². The maximum absolute atomic E-state index is 14.0. The molecule has 0 heterocycles. The molecule has 0 amide bonds. The third-order valence-electron chi connectivity index (χ3n) is 4.18. The molecule has 25 heavy (non-hydrogen) atoms. The maximum Gasteiger partial charge on any atom is 0.167 e. The Bertz CT molecular complexity index is 925. The third-order valence-corrected chi connectivity index (χ3v) is 4.18. The molecular weight excluding hydrogens is 321 g/mol. The Balaban J connectivity index is 1.99.